The quantitative estimate of drug-likeness (QED) is 0.679. The predicted octanol–water partition coefficient (Wildman–Crippen LogP) is 0.199. The minimum absolute atomic E-state index is 0.121. The Kier molecular flexibility index (Phi) is 5.32. The first-order valence-corrected chi connectivity index (χ1v) is 8.00. The first-order chi connectivity index (χ1) is 10.1. The first-order valence-electron chi connectivity index (χ1n) is 6.52. The zero-order chi connectivity index (χ0) is 15.1. The molecule has 3 N–H and O–H groups in total. The molecule has 1 heterocycles. The molecule has 21 heavy (non-hydrogen) atoms. The summed E-state index contributed by atoms with van der Waals surface area (Å²) in [4.78, 5) is 0.121. The smallest absolute Gasteiger partial charge is 0.243 e. The monoisotopic (exact) mass is 310 g/mol. The van der Waals surface area contributed by atoms with Gasteiger partial charge in [0.1, 0.15) is 17.3 Å². The number of aromatic nitrogens is 2. The Hall–Kier alpha value is -1.90. The van der Waals surface area contributed by atoms with Crippen LogP contribution in [-0.2, 0) is 16.6 Å². The number of sulfonamides is 1. The highest BCUT2D eigenvalue weighted by Gasteiger charge is 2.15. The Morgan fingerprint density at radius 2 is 2.05 bits per heavy atom. The van der Waals surface area contributed by atoms with Crippen molar-refractivity contribution >= 4 is 10.0 Å². The van der Waals surface area contributed by atoms with Gasteiger partial charge in [-0.05, 0) is 12.1 Å². The largest absolute Gasteiger partial charge is 0.492 e. The zero-order valence-corrected chi connectivity index (χ0v) is 12.3. The van der Waals surface area contributed by atoms with E-state index < -0.39 is 10.0 Å². The van der Waals surface area contributed by atoms with Gasteiger partial charge in [0, 0.05) is 19.3 Å². The number of nitrogens with zero attached hydrogens (tertiary/aromatic N) is 2. The fraction of sp³-hybridized carbons (Fsp3) is 0.308. The number of nitrogens with one attached hydrogen (secondary N) is 1. The zero-order valence-electron chi connectivity index (χ0n) is 11.5. The van der Waals surface area contributed by atoms with Crippen LogP contribution in [0.5, 0.6) is 5.75 Å². The van der Waals surface area contributed by atoms with E-state index in [4.69, 9.17) is 10.5 Å². The third kappa shape index (κ3) is 4.55. The van der Waals surface area contributed by atoms with E-state index >= 15 is 0 Å². The molecule has 1 aromatic carbocycles. The molecular formula is C13H18N4O3S. The highest BCUT2D eigenvalue weighted by atomic mass is 32.2. The van der Waals surface area contributed by atoms with Crippen molar-refractivity contribution in [1.29, 1.82) is 0 Å². The average molecular weight is 310 g/mol. The fourth-order valence-electron chi connectivity index (χ4n) is 1.68. The van der Waals surface area contributed by atoms with Crippen LogP contribution in [-0.4, -0.2) is 37.9 Å². The van der Waals surface area contributed by atoms with Crippen molar-refractivity contribution in [2.24, 2.45) is 5.73 Å². The van der Waals surface area contributed by atoms with E-state index in [-0.39, 0.29) is 18.0 Å². The van der Waals surface area contributed by atoms with Gasteiger partial charge >= 0.3 is 0 Å². The third-order valence-electron chi connectivity index (χ3n) is 2.68. The van der Waals surface area contributed by atoms with Crippen LogP contribution in [0.15, 0.2) is 47.6 Å². The van der Waals surface area contributed by atoms with Gasteiger partial charge in [-0.2, -0.15) is 5.10 Å². The molecule has 0 saturated carbocycles. The maximum absolute atomic E-state index is 12.0. The molecule has 114 valence electrons. The number of benzene rings is 1. The first kappa shape index (κ1) is 15.5. The molecule has 0 fully saturated rings. The molecule has 7 nitrogen and oxygen atoms in total. The predicted molar refractivity (Wildman–Crippen MR) is 78.4 cm³/mol. The average Bonchev–Trinajstić information content (AvgIpc) is 2.95. The van der Waals surface area contributed by atoms with Gasteiger partial charge in [-0.3, -0.25) is 4.68 Å². The van der Waals surface area contributed by atoms with Gasteiger partial charge in [0.25, 0.3) is 0 Å². The van der Waals surface area contributed by atoms with Crippen LogP contribution in [0.2, 0.25) is 0 Å². The molecule has 0 bridgehead atoms. The Labute approximate surface area is 123 Å². The summed E-state index contributed by atoms with van der Waals surface area (Å²) in [6.07, 6.45) is 2.75. The summed E-state index contributed by atoms with van der Waals surface area (Å²) >= 11 is 0. The minimum Gasteiger partial charge on any atom is -0.492 e. The van der Waals surface area contributed by atoms with Crippen LogP contribution >= 0.6 is 0 Å². The second-order valence-corrected chi connectivity index (χ2v) is 6.05. The number of nitrogens with two attached hydrogens (primary N) is 1. The van der Waals surface area contributed by atoms with Crippen molar-refractivity contribution in [3.63, 3.8) is 0 Å². The summed E-state index contributed by atoms with van der Waals surface area (Å²) in [6, 6.07) is 9.21. The number of hydrogen-bond acceptors (Lipinski definition) is 5. The molecule has 8 heteroatoms. The summed E-state index contributed by atoms with van der Waals surface area (Å²) < 4.78 is 33.4. The van der Waals surface area contributed by atoms with Crippen molar-refractivity contribution in [3.8, 4) is 5.75 Å². The molecule has 0 aliphatic rings. The van der Waals surface area contributed by atoms with Gasteiger partial charge in [0.15, 0.2) is 0 Å². The Morgan fingerprint density at radius 1 is 1.29 bits per heavy atom. The van der Waals surface area contributed by atoms with Crippen LogP contribution in [0, 0.1) is 0 Å². The highest BCUT2D eigenvalue weighted by molar-refractivity contribution is 7.89. The molecule has 0 radical (unpaired) electrons. The van der Waals surface area contributed by atoms with Crippen molar-refractivity contribution < 1.29 is 13.2 Å². The van der Waals surface area contributed by atoms with Crippen molar-refractivity contribution in [2.45, 2.75) is 11.4 Å². The van der Waals surface area contributed by atoms with E-state index in [0.29, 0.717) is 18.8 Å². The lowest BCUT2D eigenvalue weighted by Crippen LogP contribution is -2.28. The molecule has 0 unspecified atom stereocenters. The molecule has 2 aromatic rings. The molecule has 1 aromatic heterocycles. The third-order valence-corrected chi connectivity index (χ3v) is 4.10. The van der Waals surface area contributed by atoms with Crippen LogP contribution in [0.25, 0.3) is 0 Å². The number of ether oxygens (including phenoxy) is 1. The Balaban J connectivity index is 1.83. The summed E-state index contributed by atoms with van der Waals surface area (Å²) in [5, 5.41) is 3.93. The molecule has 0 saturated heterocycles. The number of para-hydroxylation sites is 1. The standard InChI is InChI=1S/C13H18N4O3S/c14-6-8-17-11-13(10-15-17)21(18,19)16-7-9-20-12-4-2-1-3-5-12/h1-5,10-11,16H,6-9,14H2. The Bertz CT molecular complexity index is 655. The normalized spacial score (nSPS) is 11.5. The van der Waals surface area contributed by atoms with E-state index in [1.807, 2.05) is 30.3 Å². The summed E-state index contributed by atoms with van der Waals surface area (Å²) in [7, 11) is -3.57. The molecule has 0 atom stereocenters. The van der Waals surface area contributed by atoms with E-state index in [1.54, 1.807) is 0 Å². The van der Waals surface area contributed by atoms with Crippen molar-refractivity contribution in [2.75, 3.05) is 19.7 Å². The van der Waals surface area contributed by atoms with Gasteiger partial charge in [-0.15, -0.1) is 0 Å². The van der Waals surface area contributed by atoms with E-state index in [9.17, 15) is 8.42 Å². The van der Waals surface area contributed by atoms with Crippen molar-refractivity contribution in [1.82, 2.24) is 14.5 Å². The second kappa shape index (κ2) is 7.21. The maximum Gasteiger partial charge on any atom is 0.243 e. The van der Waals surface area contributed by atoms with Gasteiger partial charge in [0.05, 0.1) is 12.7 Å². The number of hydrogen-bond donors (Lipinski definition) is 2. The molecule has 0 aliphatic carbocycles. The van der Waals surface area contributed by atoms with Gasteiger partial charge < -0.3 is 10.5 Å². The lowest BCUT2D eigenvalue weighted by Gasteiger charge is -2.07. The minimum atomic E-state index is -3.57. The van der Waals surface area contributed by atoms with Crippen LogP contribution < -0.4 is 15.2 Å². The summed E-state index contributed by atoms with van der Waals surface area (Å²) in [6.45, 7) is 1.31. The number of rotatable bonds is 8. The maximum atomic E-state index is 12.0. The van der Waals surface area contributed by atoms with Gasteiger partial charge in [0.2, 0.25) is 10.0 Å². The van der Waals surface area contributed by atoms with Gasteiger partial charge in [-0.25, -0.2) is 13.1 Å². The van der Waals surface area contributed by atoms with Crippen LogP contribution in [0.1, 0.15) is 0 Å². The molecular weight excluding hydrogens is 292 g/mol. The lowest BCUT2D eigenvalue weighted by atomic mass is 10.3. The second-order valence-electron chi connectivity index (χ2n) is 4.29. The van der Waals surface area contributed by atoms with Crippen LogP contribution in [0.3, 0.4) is 0 Å². The van der Waals surface area contributed by atoms with E-state index in [0.717, 1.165) is 0 Å². The lowest BCUT2D eigenvalue weighted by molar-refractivity contribution is 0.323. The molecule has 0 amide bonds. The van der Waals surface area contributed by atoms with Crippen LogP contribution in [0.4, 0.5) is 0 Å². The molecule has 0 spiro atoms. The fourth-order valence-corrected chi connectivity index (χ4v) is 2.65. The van der Waals surface area contributed by atoms with E-state index in [2.05, 4.69) is 9.82 Å². The molecule has 2 rings (SSSR count). The van der Waals surface area contributed by atoms with Gasteiger partial charge in [-0.1, -0.05) is 18.2 Å². The SMILES string of the molecule is NCCn1cc(S(=O)(=O)NCCOc2ccccc2)cn1. The van der Waals surface area contributed by atoms with Crippen molar-refractivity contribution in [3.05, 3.63) is 42.7 Å². The van der Waals surface area contributed by atoms with E-state index in [1.165, 1.54) is 17.1 Å². The summed E-state index contributed by atoms with van der Waals surface area (Å²) in [5.74, 6) is 0.701. The Morgan fingerprint density at radius 3 is 2.76 bits per heavy atom. The summed E-state index contributed by atoms with van der Waals surface area (Å²) in [5.41, 5.74) is 5.39. The topological polar surface area (TPSA) is 99.2 Å². The molecule has 0 aliphatic heterocycles. The highest BCUT2D eigenvalue weighted by Crippen LogP contribution is 2.08.